The fourth-order valence-electron chi connectivity index (χ4n) is 2.36. The summed E-state index contributed by atoms with van der Waals surface area (Å²) in [4.78, 5) is 12.2. The Hall–Kier alpha value is -2.64. The standard InChI is InChI=1S/C18H20FNO5/c1-24-16(9-10-21)17(12-7-8-15(22)14(19)11-12)25-18(23)20-13-5-3-2-4-6-13/h2-8,11,16-17,21-22H,9-10H2,1H3,(H,20,23)/t16-,17-/m0/s1. The van der Waals surface area contributed by atoms with Crippen molar-refractivity contribution in [3.05, 3.63) is 59.9 Å². The summed E-state index contributed by atoms with van der Waals surface area (Å²) < 4.78 is 24.4. The van der Waals surface area contributed by atoms with Crippen molar-refractivity contribution in [2.75, 3.05) is 19.0 Å². The van der Waals surface area contributed by atoms with Crippen LogP contribution in [0.1, 0.15) is 18.1 Å². The second kappa shape index (κ2) is 9.00. The molecular formula is C18H20FNO5. The molecule has 2 atom stereocenters. The van der Waals surface area contributed by atoms with Crippen LogP contribution in [-0.2, 0) is 9.47 Å². The lowest BCUT2D eigenvalue weighted by Crippen LogP contribution is -2.29. The van der Waals surface area contributed by atoms with Crippen molar-refractivity contribution in [3.63, 3.8) is 0 Å². The molecule has 0 saturated carbocycles. The summed E-state index contributed by atoms with van der Waals surface area (Å²) in [6.45, 7) is -0.195. The lowest BCUT2D eigenvalue weighted by atomic mass is 10.0. The first-order valence-electron chi connectivity index (χ1n) is 7.70. The molecule has 3 N–H and O–H groups in total. The summed E-state index contributed by atoms with van der Waals surface area (Å²) in [5, 5.41) is 21.1. The first-order valence-corrected chi connectivity index (χ1v) is 7.70. The van der Waals surface area contributed by atoms with Crippen LogP contribution >= 0.6 is 0 Å². The molecule has 0 saturated heterocycles. The molecule has 0 heterocycles. The van der Waals surface area contributed by atoms with Crippen molar-refractivity contribution in [2.45, 2.75) is 18.6 Å². The Morgan fingerprint density at radius 2 is 1.96 bits per heavy atom. The fraction of sp³-hybridized carbons (Fsp3) is 0.278. The van der Waals surface area contributed by atoms with Gasteiger partial charge in [-0.15, -0.1) is 0 Å². The number of aromatic hydroxyl groups is 1. The van der Waals surface area contributed by atoms with E-state index in [9.17, 15) is 19.4 Å². The number of aliphatic hydroxyl groups excluding tert-OH is 1. The molecule has 25 heavy (non-hydrogen) atoms. The number of rotatable bonds is 7. The van der Waals surface area contributed by atoms with Crippen LogP contribution in [0, 0.1) is 5.82 Å². The molecular weight excluding hydrogens is 329 g/mol. The first-order chi connectivity index (χ1) is 12.0. The van der Waals surface area contributed by atoms with Gasteiger partial charge in [0.2, 0.25) is 0 Å². The zero-order valence-electron chi connectivity index (χ0n) is 13.7. The highest BCUT2D eigenvalue weighted by atomic mass is 19.1. The Morgan fingerprint density at radius 3 is 2.56 bits per heavy atom. The van der Waals surface area contributed by atoms with Crippen molar-refractivity contribution < 1.29 is 28.9 Å². The molecule has 0 fully saturated rings. The van der Waals surface area contributed by atoms with Crippen LogP contribution in [0.4, 0.5) is 14.9 Å². The van der Waals surface area contributed by atoms with Gasteiger partial charge in [-0.1, -0.05) is 24.3 Å². The second-order valence-corrected chi connectivity index (χ2v) is 5.31. The predicted octanol–water partition coefficient (Wildman–Crippen LogP) is 3.22. The summed E-state index contributed by atoms with van der Waals surface area (Å²) in [6.07, 6.45) is -2.21. The molecule has 0 spiro atoms. The Morgan fingerprint density at radius 1 is 1.24 bits per heavy atom. The lowest BCUT2D eigenvalue weighted by molar-refractivity contribution is -0.0307. The number of phenols is 1. The third-order valence-electron chi connectivity index (χ3n) is 3.61. The highest BCUT2D eigenvalue weighted by molar-refractivity contribution is 5.84. The minimum absolute atomic E-state index is 0.183. The topological polar surface area (TPSA) is 88.0 Å². The monoisotopic (exact) mass is 349 g/mol. The molecule has 2 aromatic rings. The van der Waals surface area contributed by atoms with Gasteiger partial charge in [0.05, 0.1) is 0 Å². The number of anilines is 1. The van der Waals surface area contributed by atoms with Crippen LogP contribution in [-0.4, -0.2) is 36.1 Å². The maximum absolute atomic E-state index is 13.7. The van der Waals surface area contributed by atoms with Crippen LogP contribution in [0.5, 0.6) is 5.75 Å². The number of carbonyl (C=O) groups excluding carboxylic acids is 1. The predicted molar refractivity (Wildman–Crippen MR) is 89.9 cm³/mol. The molecule has 0 aromatic heterocycles. The van der Waals surface area contributed by atoms with Crippen molar-refractivity contribution in [2.24, 2.45) is 0 Å². The number of hydrogen-bond donors (Lipinski definition) is 3. The maximum Gasteiger partial charge on any atom is 0.412 e. The number of halogens is 1. The van der Waals surface area contributed by atoms with E-state index in [0.29, 0.717) is 11.3 Å². The van der Waals surface area contributed by atoms with Gasteiger partial charge < -0.3 is 19.7 Å². The number of ether oxygens (including phenoxy) is 2. The molecule has 0 aliphatic carbocycles. The Bertz CT molecular complexity index is 695. The van der Waals surface area contributed by atoms with Crippen molar-refractivity contribution in [3.8, 4) is 5.75 Å². The summed E-state index contributed by atoms with van der Waals surface area (Å²) in [5.74, 6) is -1.35. The van der Waals surface area contributed by atoms with Gasteiger partial charge in [-0.2, -0.15) is 0 Å². The SMILES string of the molecule is CO[C@@H](CCO)[C@@H](OC(=O)Nc1ccccc1)c1ccc(O)c(F)c1. The van der Waals surface area contributed by atoms with E-state index in [2.05, 4.69) is 5.32 Å². The molecule has 7 heteroatoms. The van der Waals surface area contributed by atoms with Gasteiger partial charge in [-0.3, -0.25) is 5.32 Å². The van der Waals surface area contributed by atoms with Gasteiger partial charge in [0.25, 0.3) is 0 Å². The van der Waals surface area contributed by atoms with E-state index in [1.807, 2.05) is 0 Å². The smallest absolute Gasteiger partial charge is 0.412 e. The number of benzene rings is 2. The molecule has 0 radical (unpaired) electrons. The molecule has 0 bridgehead atoms. The maximum atomic E-state index is 13.7. The second-order valence-electron chi connectivity index (χ2n) is 5.31. The number of amides is 1. The fourth-order valence-corrected chi connectivity index (χ4v) is 2.36. The number of nitrogens with one attached hydrogen (secondary N) is 1. The van der Waals surface area contributed by atoms with Crippen LogP contribution in [0.2, 0.25) is 0 Å². The summed E-state index contributed by atoms with van der Waals surface area (Å²) in [6, 6.07) is 12.4. The zero-order valence-corrected chi connectivity index (χ0v) is 13.7. The average Bonchev–Trinajstić information content (AvgIpc) is 2.61. The number of methoxy groups -OCH3 is 1. The van der Waals surface area contributed by atoms with Crippen LogP contribution in [0.25, 0.3) is 0 Å². The number of aliphatic hydroxyl groups is 1. The molecule has 134 valence electrons. The van der Waals surface area contributed by atoms with Gasteiger partial charge in [0.1, 0.15) is 6.10 Å². The van der Waals surface area contributed by atoms with Crippen LogP contribution < -0.4 is 5.32 Å². The van der Waals surface area contributed by atoms with Gasteiger partial charge in [-0.05, 0) is 29.8 Å². The van der Waals surface area contributed by atoms with Gasteiger partial charge in [0.15, 0.2) is 17.7 Å². The quantitative estimate of drug-likeness (QED) is 0.714. The number of hydrogen-bond acceptors (Lipinski definition) is 5. The highest BCUT2D eigenvalue weighted by Gasteiger charge is 2.27. The zero-order chi connectivity index (χ0) is 18.2. The minimum Gasteiger partial charge on any atom is -0.505 e. The van der Waals surface area contributed by atoms with Crippen LogP contribution in [0.15, 0.2) is 48.5 Å². The molecule has 2 rings (SSSR count). The van der Waals surface area contributed by atoms with E-state index in [1.54, 1.807) is 30.3 Å². The van der Waals surface area contributed by atoms with Gasteiger partial charge in [0, 0.05) is 25.8 Å². The third-order valence-corrected chi connectivity index (χ3v) is 3.61. The number of phenolic OH excluding ortho intramolecular Hbond substituents is 1. The number of para-hydroxylation sites is 1. The molecule has 1 amide bonds. The van der Waals surface area contributed by atoms with Crippen molar-refractivity contribution >= 4 is 11.8 Å². The number of carbonyl (C=O) groups is 1. The average molecular weight is 349 g/mol. The van der Waals surface area contributed by atoms with E-state index < -0.39 is 29.9 Å². The van der Waals surface area contributed by atoms with Crippen LogP contribution in [0.3, 0.4) is 0 Å². The van der Waals surface area contributed by atoms with Gasteiger partial charge >= 0.3 is 6.09 Å². The Labute approximate surface area is 144 Å². The highest BCUT2D eigenvalue weighted by Crippen LogP contribution is 2.29. The first kappa shape index (κ1) is 18.7. The largest absolute Gasteiger partial charge is 0.505 e. The van der Waals surface area contributed by atoms with Crippen molar-refractivity contribution in [1.29, 1.82) is 0 Å². The van der Waals surface area contributed by atoms with E-state index in [4.69, 9.17) is 9.47 Å². The minimum atomic E-state index is -0.962. The molecule has 0 aliphatic rings. The lowest BCUT2D eigenvalue weighted by Gasteiger charge is -2.26. The van der Waals surface area contributed by atoms with E-state index in [1.165, 1.54) is 19.2 Å². The van der Waals surface area contributed by atoms with E-state index >= 15 is 0 Å². The summed E-state index contributed by atoms with van der Waals surface area (Å²) in [5.41, 5.74) is 0.845. The molecule has 2 aromatic carbocycles. The molecule has 0 unspecified atom stereocenters. The van der Waals surface area contributed by atoms with E-state index in [0.717, 1.165) is 6.07 Å². The Balaban J connectivity index is 2.21. The van der Waals surface area contributed by atoms with E-state index in [-0.39, 0.29) is 13.0 Å². The summed E-state index contributed by atoms with van der Waals surface area (Å²) >= 11 is 0. The summed E-state index contributed by atoms with van der Waals surface area (Å²) in [7, 11) is 1.41. The molecule has 6 nitrogen and oxygen atoms in total. The van der Waals surface area contributed by atoms with Gasteiger partial charge in [-0.25, -0.2) is 9.18 Å². The van der Waals surface area contributed by atoms with Crippen molar-refractivity contribution in [1.82, 2.24) is 0 Å². The Kier molecular flexibility index (Phi) is 6.73. The normalized spacial score (nSPS) is 13.1. The molecule has 0 aliphatic heterocycles. The third kappa shape index (κ3) is 5.17.